The van der Waals surface area contributed by atoms with Crippen molar-refractivity contribution in [1.29, 1.82) is 0 Å². The number of benzene rings is 1. The fourth-order valence-electron chi connectivity index (χ4n) is 3.81. The highest BCUT2D eigenvalue weighted by Gasteiger charge is 2.42. The maximum atomic E-state index is 13.8. The summed E-state index contributed by atoms with van der Waals surface area (Å²) in [5.74, 6) is -0.810. The normalized spacial score (nSPS) is 16.1. The van der Waals surface area contributed by atoms with Crippen molar-refractivity contribution in [2.24, 2.45) is 0 Å². The van der Waals surface area contributed by atoms with Crippen molar-refractivity contribution in [1.82, 2.24) is 15.5 Å². The van der Waals surface area contributed by atoms with E-state index in [1.165, 1.54) is 0 Å². The summed E-state index contributed by atoms with van der Waals surface area (Å²) in [5, 5.41) is 15.5. The van der Waals surface area contributed by atoms with Gasteiger partial charge in [-0.1, -0.05) is 18.2 Å². The van der Waals surface area contributed by atoms with E-state index in [0.717, 1.165) is 30.4 Å². The monoisotopic (exact) mass is 475 g/mol. The van der Waals surface area contributed by atoms with E-state index >= 15 is 0 Å². The Bertz CT molecular complexity index is 897. The zero-order valence-corrected chi connectivity index (χ0v) is 21.8. The molecule has 0 heterocycles. The van der Waals surface area contributed by atoms with Gasteiger partial charge >= 0.3 is 6.09 Å². The first-order chi connectivity index (χ1) is 15.6. The van der Waals surface area contributed by atoms with E-state index in [-0.39, 0.29) is 11.9 Å². The van der Waals surface area contributed by atoms with E-state index in [2.05, 4.69) is 10.6 Å². The first-order valence-electron chi connectivity index (χ1n) is 11.9. The van der Waals surface area contributed by atoms with Gasteiger partial charge in [0.25, 0.3) is 0 Å². The number of ether oxygens (including phenoxy) is 1. The summed E-state index contributed by atoms with van der Waals surface area (Å²) in [5.41, 5.74) is 1.53. The highest BCUT2D eigenvalue weighted by molar-refractivity contribution is 5.92. The lowest BCUT2D eigenvalue weighted by atomic mass is 9.87. The van der Waals surface area contributed by atoms with Crippen LogP contribution in [0.3, 0.4) is 0 Å². The minimum absolute atomic E-state index is 0.167. The van der Waals surface area contributed by atoms with E-state index in [1.54, 1.807) is 25.7 Å². The molecule has 2 rings (SSSR count). The Hall–Kier alpha value is -2.61. The van der Waals surface area contributed by atoms with Crippen LogP contribution in [0.5, 0.6) is 0 Å². The summed E-state index contributed by atoms with van der Waals surface area (Å²) in [6, 6.07) is 3.44. The second-order valence-electron chi connectivity index (χ2n) is 11.2. The molecule has 0 spiro atoms. The standard InChI is InChI=1S/C26H41N3O5/c1-16-12-13-18(14-17(16)2)21(22(31)28-25(3,4)5)29(19-10-9-11-19)23(32)20(15-30)27-24(33)34-26(6,7)8/h12-14,19-21,30H,9-11,15H2,1-8H3,(H,27,33)(H,28,31). The predicted octanol–water partition coefficient (Wildman–Crippen LogP) is 3.53. The molecule has 0 radical (unpaired) electrons. The van der Waals surface area contributed by atoms with Gasteiger partial charge in [0, 0.05) is 11.6 Å². The molecule has 2 atom stereocenters. The van der Waals surface area contributed by atoms with Gasteiger partial charge in [-0.05, 0) is 91.3 Å². The maximum Gasteiger partial charge on any atom is 0.408 e. The van der Waals surface area contributed by atoms with E-state index in [4.69, 9.17) is 4.74 Å². The van der Waals surface area contributed by atoms with Crippen LogP contribution < -0.4 is 10.6 Å². The molecule has 0 bridgehead atoms. The number of carbonyl (C=O) groups is 3. The number of alkyl carbamates (subject to hydrolysis) is 1. The zero-order valence-electron chi connectivity index (χ0n) is 21.8. The molecule has 3 N–H and O–H groups in total. The Kier molecular flexibility index (Phi) is 8.75. The summed E-state index contributed by atoms with van der Waals surface area (Å²) in [6.45, 7) is 14.2. The Morgan fingerprint density at radius 3 is 2.15 bits per heavy atom. The number of amides is 3. The molecule has 8 nitrogen and oxygen atoms in total. The van der Waals surface area contributed by atoms with Crippen molar-refractivity contribution in [2.75, 3.05) is 6.61 Å². The lowest BCUT2D eigenvalue weighted by Gasteiger charge is -2.44. The molecule has 0 aliphatic heterocycles. The largest absolute Gasteiger partial charge is 0.444 e. The number of aryl methyl sites for hydroxylation is 2. The van der Waals surface area contributed by atoms with Crippen LogP contribution >= 0.6 is 0 Å². The molecule has 190 valence electrons. The number of hydrogen-bond acceptors (Lipinski definition) is 5. The number of nitrogens with zero attached hydrogens (tertiary/aromatic N) is 1. The lowest BCUT2D eigenvalue weighted by molar-refractivity contribution is -0.148. The third-order valence-electron chi connectivity index (χ3n) is 5.77. The third-order valence-corrected chi connectivity index (χ3v) is 5.77. The molecule has 2 unspecified atom stereocenters. The summed E-state index contributed by atoms with van der Waals surface area (Å²) < 4.78 is 5.28. The second-order valence-corrected chi connectivity index (χ2v) is 11.2. The Labute approximate surface area is 203 Å². The van der Waals surface area contributed by atoms with E-state index < -0.39 is 41.8 Å². The molecular formula is C26H41N3O5. The summed E-state index contributed by atoms with van der Waals surface area (Å²) in [4.78, 5) is 41.3. The van der Waals surface area contributed by atoms with Crippen molar-refractivity contribution in [2.45, 2.75) is 104 Å². The maximum absolute atomic E-state index is 13.8. The molecular weight excluding hydrogens is 434 g/mol. The molecule has 0 aromatic heterocycles. The van der Waals surface area contributed by atoms with Crippen molar-refractivity contribution < 1.29 is 24.2 Å². The van der Waals surface area contributed by atoms with Gasteiger partial charge in [-0.25, -0.2) is 4.79 Å². The molecule has 1 saturated carbocycles. The van der Waals surface area contributed by atoms with Crippen molar-refractivity contribution in [3.05, 3.63) is 34.9 Å². The summed E-state index contributed by atoms with van der Waals surface area (Å²) in [7, 11) is 0. The molecule has 1 aliphatic rings. The van der Waals surface area contributed by atoms with Gasteiger partial charge in [0.2, 0.25) is 11.8 Å². The third kappa shape index (κ3) is 7.45. The Morgan fingerprint density at radius 2 is 1.71 bits per heavy atom. The highest BCUT2D eigenvalue weighted by Crippen LogP contribution is 2.34. The minimum Gasteiger partial charge on any atom is -0.444 e. The Morgan fingerprint density at radius 1 is 1.09 bits per heavy atom. The summed E-state index contributed by atoms with van der Waals surface area (Å²) in [6.07, 6.45) is 1.65. The number of nitrogens with one attached hydrogen (secondary N) is 2. The van der Waals surface area contributed by atoms with Crippen LogP contribution in [-0.4, -0.2) is 57.7 Å². The van der Waals surface area contributed by atoms with Gasteiger partial charge in [0.05, 0.1) is 6.61 Å². The van der Waals surface area contributed by atoms with Crippen LogP contribution in [0.2, 0.25) is 0 Å². The van der Waals surface area contributed by atoms with Crippen molar-refractivity contribution in [3.8, 4) is 0 Å². The fraction of sp³-hybridized carbons (Fsp3) is 0.654. The molecule has 8 heteroatoms. The first kappa shape index (κ1) is 27.6. The average Bonchev–Trinajstić information content (AvgIpc) is 2.63. The zero-order chi connectivity index (χ0) is 25.8. The molecule has 3 amide bonds. The van der Waals surface area contributed by atoms with E-state index in [0.29, 0.717) is 5.56 Å². The molecule has 1 fully saturated rings. The van der Waals surface area contributed by atoms with Crippen LogP contribution in [0.4, 0.5) is 4.79 Å². The van der Waals surface area contributed by atoms with Gasteiger partial charge < -0.3 is 25.4 Å². The summed E-state index contributed by atoms with van der Waals surface area (Å²) >= 11 is 0. The van der Waals surface area contributed by atoms with Crippen LogP contribution in [-0.2, 0) is 14.3 Å². The number of aliphatic hydroxyl groups excluding tert-OH is 1. The van der Waals surface area contributed by atoms with Crippen molar-refractivity contribution >= 4 is 17.9 Å². The molecule has 0 saturated heterocycles. The van der Waals surface area contributed by atoms with E-state index in [1.807, 2.05) is 52.8 Å². The fourth-order valence-corrected chi connectivity index (χ4v) is 3.81. The molecule has 1 aromatic carbocycles. The van der Waals surface area contributed by atoms with Crippen LogP contribution in [0.1, 0.15) is 83.5 Å². The van der Waals surface area contributed by atoms with Crippen LogP contribution in [0.25, 0.3) is 0 Å². The number of carbonyl (C=O) groups excluding carboxylic acids is 3. The van der Waals surface area contributed by atoms with Gasteiger partial charge in [0.1, 0.15) is 17.7 Å². The number of aliphatic hydroxyl groups is 1. The highest BCUT2D eigenvalue weighted by atomic mass is 16.6. The predicted molar refractivity (Wildman–Crippen MR) is 131 cm³/mol. The van der Waals surface area contributed by atoms with Crippen LogP contribution in [0.15, 0.2) is 18.2 Å². The quantitative estimate of drug-likeness (QED) is 0.559. The van der Waals surface area contributed by atoms with Gasteiger partial charge in [-0.3, -0.25) is 9.59 Å². The SMILES string of the molecule is Cc1ccc(C(C(=O)NC(C)(C)C)N(C(=O)C(CO)NC(=O)OC(C)(C)C)C2CCC2)cc1C. The average molecular weight is 476 g/mol. The molecule has 1 aliphatic carbocycles. The van der Waals surface area contributed by atoms with Gasteiger partial charge in [0.15, 0.2) is 0 Å². The number of rotatable bonds is 7. The Balaban J connectivity index is 2.48. The lowest BCUT2D eigenvalue weighted by Crippen LogP contribution is -2.59. The van der Waals surface area contributed by atoms with Gasteiger partial charge in [-0.2, -0.15) is 0 Å². The first-order valence-corrected chi connectivity index (χ1v) is 11.9. The second kappa shape index (κ2) is 10.8. The van der Waals surface area contributed by atoms with Crippen LogP contribution in [0, 0.1) is 13.8 Å². The minimum atomic E-state index is -1.23. The van der Waals surface area contributed by atoms with E-state index in [9.17, 15) is 19.5 Å². The number of hydrogen-bond donors (Lipinski definition) is 3. The molecule has 34 heavy (non-hydrogen) atoms. The smallest absolute Gasteiger partial charge is 0.408 e. The molecule has 1 aromatic rings. The van der Waals surface area contributed by atoms with Gasteiger partial charge in [-0.15, -0.1) is 0 Å². The van der Waals surface area contributed by atoms with Crippen molar-refractivity contribution in [3.63, 3.8) is 0 Å². The topological polar surface area (TPSA) is 108 Å².